The van der Waals surface area contributed by atoms with E-state index in [-0.39, 0.29) is 22.3 Å². The minimum Gasteiger partial charge on any atom is -0.417 e. The molecule has 0 spiro atoms. The second-order valence-electron chi connectivity index (χ2n) is 12.1. The van der Waals surface area contributed by atoms with Crippen molar-refractivity contribution in [2.45, 2.75) is 116 Å². The van der Waals surface area contributed by atoms with E-state index in [0.29, 0.717) is 6.61 Å². The van der Waals surface area contributed by atoms with Gasteiger partial charge in [0.05, 0.1) is 18.8 Å². The largest absolute Gasteiger partial charge is 0.417 e. The Bertz CT molecular complexity index is 672. The fourth-order valence-corrected chi connectivity index (χ4v) is 5.43. The maximum Gasteiger partial charge on any atom is 0.192 e. The first-order chi connectivity index (χ1) is 14.6. The summed E-state index contributed by atoms with van der Waals surface area (Å²) in [6, 6.07) is 10.4. The molecule has 1 aromatic rings. The van der Waals surface area contributed by atoms with Crippen LogP contribution in [0, 0.1) is 0 Å². The highest BCUT2D eigenvalue weighted by Crippen LogP contribution is 2.39. The summed E-state index contributed by atoms with van der Waals surface area (Å²) >= 11 is 0. The molecule has 0 aliphatic carbocycles. The summed E-state index contributed by atoms with van der Waals surface area (Å²) in [6.07, 6.45) is 4.80. The third-order valence-electron chi connectivity index (χ3n) is 7.26. The molecule has 5 heteroatoms. The van der Waals surface area contributed by atoms with Crippen molar-refractivity contribution >= 4 is 16.6 Å². The molecule has 0 aromatic heterocycles. The summed E-state index contributed by atoms with van der Waals surface area (Å²) in [7, 11) is -3.65. The summed E-state index contributed by atoms with van der Waals surface area (Å²) in [6.45, 7) is 28.4. The van der Waals surface area contributed by atoms with E-state index in [0.717, 1.165) is 25.9 Å². The fourth-order valence-electron chi connectivity index (χ4n) is 2.98. The minimum absolute atomic E-state index is 0.0923. The van der Waals surface area contributed by atoms with Gasteiger partial charge in [0, 0.05) is 6.61 Å². The predicted molar refractivity (Wildman–Crippen MR) is 144 cm³/mol. The average molecular weight is 479 g/mol. The van der Waals surface area contributed by atoms with E-state index in [1.165, 1.54) is 5.56 Å². The summed E-state index contributed by atoms with van der Waals surface area (Å²) in [5.74, 6) is 0. The minimum atomic E-state index is -1.87. The number of hydrogen-bond acceptors (Lipinski definition) is 3. The van der Waals surface area contributed by atoms with Gasteiger partial charge in [-0.15, -0.1) is 6.58 Å². The highest BCUT2D eigenvalue weighted by molar-refractivity contribution is 6.74. The van der Waals surface area contributed by atoms with Crippen LogP contribution < -0.4 is 0 Å². The zero-order chi connectivity index (χ0) is 24.6. The molecule has 0 aliphatic heterocycles. The Morgan fingerprint density at radius 3 is 1.94 bits per heavy atom. The summed E-state index contributed by atoms with van der Waals surface area (Å²) < 4.78 is 19.7. The van der Waals surface area contributed by atoms with Crippen molar-refractivity contribution in [2.24, 2.45) is 0 Å². The van der Waals surface area contributed by atoms with Crippen LogP contribution in [-0.2, 0) is 20.2 Å². The van der Waals surface area contributed by atoms with E-state index in [4.69, 9.17) is 13.6 Å². The maximum absolute atomic E-state index is 6.78. The molecule has 0 bridgehead atoms. The molecular formula is C27H50O3Si2. The van der Waals surface area contributed by atoms with E-state index in [2.05, 4.69) is 98.6 Å². The highest BCUT2D eigenvalue weighted by Gasteiger charge is 2.40. The van der Waals surface area contributed by atoms with E-state index in [1.807, 2.05) is 12.1 Å². The second kappa shape index (κ2) is 12.1. The third kappa shape index (κ3) is 9.64. The third-order valence-corrected chi connectivity index (χ3v) is 16.3. The molecule has 2 atom stereocenters. The van der Waals surface area contributed by atoms with Gasteiger partial charge < -0.3 is 13.6 Å². The Balaban J connectivity index is 2.89. The molecule has 184 valence electrons. The van der Waals surface area contributed by atoms with Crippen molar-refractivity contribution in [3.05, 3.63) is 48.6 Å². The first-order valence-electron chi connectivity index (χ1n) is 12.2. The van der Waals surface area contributed by atoms with Gasteiger partial charge in [-0.1, -0.05) is 78.0 Å². The zero-order valence-corrected chi connectivity index (χ0v) is 24.6. The molecule has 3 nitrogen and oxygen atoms in total. The van der Waals surface area contributed by atoms with Gasteiger partial charge >= 0.3 is 0 Å². The number of ether oxygens (including phenoxy) is 1. The highest BCUT2D eigenvalue weighted by atomic mass is 28.4. The van der Waals surface area contributed by atoms with E-state index in [1.54, 1.807) is 0 Å². The number of benzene rings is 1. The van der Waals surface area contributed by atoms with Crippen LogP contribution in [0.15, 0.2) is 43.0 Å². The van der Waals surface area contributed by atoms with Crippen molar-refractivity contribution < 1.29 is 13.6 Å². The first-order valence-corrected chi connectivity index (χ1v) is 18.0. The van der Waals surface area contributed by atoms with Gasteiger partial charge in [-0.3, -0.25) is 0 Å². The fraction of sp³-hybridized carbons (Fsp3) is 0.704. The first kappa shape index (κ1) is 29.3. The quantitative estimate of drug-likeness (QED) is 0.210. The molecule has 0 heterocycles. The van der Waals surface area contributed by atoms with Crippen LogP contribution in [0.3, 0.4) is 0 Å². The van der Waals surface area contributed by atoms with Crippen molar-refractivity contribution in [1.82, 2.24) is 0 Å². The van der Waals surface area contributed by atoms with E-state index >= 15 is 0 Å². The summed E-state index contributed by atoms with van der Waals surface area (Å²) in [4.78, 5) is 0. The normalized spacial score (nSPS) is 15.4. The predicted octanol–water partition coefficient (Wildman–Crippen LogP) is 8.34. The molecular weight excluding hydrogens is 428 g/mol. The van der Waals surface area contributed by atoms with Gasteiger partial charge in [0.1, 0.15) is 0 Å². The smallest absolute Gasteiger partial charge is 0.192 e. The zero-order valence-electron chi connectivity index (χ0n) is 22.6. The van der Waals surface area contributed by atoms with Gasteiger partial charge in [-0.25, -0.2) is 0 Å². The monoisotopic (exact) mass is 478 g/mol. The molecule has 0 N–H and O–H groups in total. The van der Waals surface area contributed by atoms with Crippen molar-refractivity contribution in [1.29, 1.82) is 0 Å². The van der Waals surface area contributed by atoms with Crippen molar-refractivity contribution in [3.8, 4) is 0 Å². The van der Waals surface area contributed by atoms with E-state index in [9.17, 15) is 0 Å². The molecule has 0 saturated carbocycles. The molecule has 0 radical (unpaired) electrons. The Morgan fingerprint density at radius 1 is 0.875 bits per heavy atom. The van der Waals surface area contributed by atoms with Gasteiger partial charge in [0.2, 0.25) is 0 Å². The summed E-state index contributed by atoms with van der Waals surface area (Å²) in [5, 5.41) is 0.391. The topological polar surface area (TPSA) is 27.7 Å². The van der Waals surface area contributed by atoms with Gasteiger partial charge in [-0.05, 0) is 61.1 Å². The maximum atomic E-state index is 6.78. The lowest BCUT2D eigenvalue weighted by Crippen LogP contribution is -2.45. The molecule has 32 heavy (non-hydrogen) atoms. The Kier molecular flexibility index (Phi) is 11.1. The van der Waals surface area contributed by atoms with Crippen LogP contribution in [0.5, 0.6) is 0 Å². The lowest BCUT2D eigenvalue weighted by Gasteiger charge is -2.40. The Morgan fingerprint density at radius 2 is 1.44 bits per heavy atom. The molecule has 0 unspecified atom stereocenters. The number of hydrogen-bond donors (Lipinski definition) is 0. The van der Waals surface area contributed by atoms with Crippen LogP contribution in [0.4, 0.5) is 0 Å². The molecule has 0 amide bonds. The number of rotatable bonds is 13. The van der Waals surface area contributed by atoms with Crippen LogP contribution in [0.25, 0.3) is 0 Å². The van der Waals surface area contributed by atoms with Crippen LogP contribution in [-0.4, -0.2) is 35.4 Å². The van der Waals surface area contributed by atoms with Crippen LogP contribution in [0.1, 0.15) is 66.4 Å². The van der Waals surface area contributed by atoms with Crippen LogP contribution >= 0.6 is 0 Å². The second-order valence-corrected chi connectivity index (χ2v) is 21.6. The summed E-state index contributed by atoms with van der Waals surface area (Å²) in [5.41, 5.74) is 1.20. The van der Waals surface area contributed by atoms with Crippen molar-refractivity contribution in [3.63, 3.8) is 0 Å². The molecule has 0 fully saturated rings. The Hall–Kier alpha value is -0.726. The van der Waals surface area contributed by atoms with Gasteiger partial charge in [0.25, 0.3) is 0 Å². The average Bonchev–Trinajstić information content (AvgIpc) is 2.64. The molecule has 1 aromatic carbocycles. The van der Waals surface area contributed by atoms with Gasteiger partial charge in [-0.2, -0.15) is 0 Å². The lowest BCUT2D eigenvalue weighted by atomic mass is 10.1. The SMILES string of the molecule is C=CC[C@@H](C[C@H](CCO[Si](C)(C)C(C)(C)C)OCc1ccccc1)O[Si](C)(C)C(C)(C)C. The van der Waals surface area contributed by atoms with Crippen LogP contribution in [0.2, 0.25) is 36.3 Å². The van der Waals surface area contributed by atoms with Gasteiger partial charge in [0.15, 0.2) is 16.6 Å². The molecule has 1 rings (SSSR count). The van der Waals surface area contributed by atoms with Crippen molar-refractivity contribution in [2.75, 3.05) is 6.61 Å². The molecule has 0 aliphatic rings. The Labute approximate surface area is 201 Å². The van der Waals surface area contributed by atoms with E-state index < -0.39 is 16.6 Å². The molecule has 0 saturated heterocycles. The standard InChI is InChI=1S/C27H50O3Si2/c1-12-16-25(30-32(10,11)27(5,6)7)21-24(28-22-23-17-14-13-15-18-23)19-20-29-31(8,9)26(2,3)4/h12-15,17-18,24-25H,1,16,19-22H2,2-11H3/t24-,25-/m0/s1. The lowest BCUT2D eigenvalue weighted by molar-refractivity contribution is -0.00453.